The lowest BCUT2D eigenvalue weighted by atomic mass is 10.6. The summed E-state index contributed by atoms with van der Waals surface area (Å²) in [5.41, 5.74) is 0. The van der Waals surface area contributed by atoms with Crippen molar-refractivity contribution in [3.05, 3.63) is 0 Å². The number of carbonyl (C=O) groups excluding carboxylic acids is 1. The summed E-state index contributed by atoms with van der Waals surface area (Å²) in [6, 6.07) is 0. The van der Waals surface area contributed by atoms with Crippen LogP contribution in [0.25, 0.3) is 0 Å². The molecule has 0 radical (unpaired) electrons. The molecule has 0 saturated heterocycles. The van der Waals surface area contributed by atoms with Crippen LogP contribution in [0.1, 0.15) is 0 Å². The first-order valence-corrected chi connectivity index (χ1v) is 2.32. The summed E-state index contributed by atoms with van der Waals surface area (Å²) in [5, 5.41) is 1.11. The van der Waals surface area contributed by atoms with Gasteiger partial charge < -0.3 is 4.90 Å². The molecule has 0 atom stereocenters. The first-order valence-electron chi connectivity index (χ1n) is 1.85. The minimum atomic E-state index is -0.130. The minimum absolute atomic E-state index is 0.130. The van der Waals surface area contributed by atoms with Gasteiger partial charge in [0.25, 0.3) is 5.91 Å². The number of nitrogens with zero attached hydrogens (tertiary/aromatic N) is 1. The molecule has 0 aliphatic heterocycles. The first-order chi connectivity index (χ1) is 3.18. The largest absolute Gasteiger partial charge is 0.345 e. The summed E-state index contributed by atoms with van der Waals surface area (Å²) in [6.07, 6.45) is 0. The van der Waals surface area contributed by atoms with E-state index < -0.39 is 0 Å². The van der Waals surface area contributed by atoms with Crippen LogP contribution in [0.2, 0.25) is 0 Å². The second-order valence-corrected chi connectivity index (χ2v) is 1.59. The summed E-state index contributed by atoms with van der Waals surface area (Å²) in [6.45, 7) is 0. The monoisotopic (exact) mass is 117 g/mol. The molecule has 3 heteroatoms. The van der Waals surface area contributed by atoms with Crippen LogP contribution in [-0.4, -0.2) is 30.3 Å². The molecule has 7 heavy (non-hydrogen) atoms. The molecule has 0 rings (SSSR count). The Balaban J connectivity index is 3.56. The lowest BCUT2D eigenvalue weighted by Gasteiger charge is -2.02. The molecule has 0 fully saturated rings. The molecule has 0 spiro atoms. The number of rotatable bonds is 1. The summed E-state index contributed by atoms with van der Waals surface area (Å²) in [7, 11) is 3.32. The summed E-state index contributed by atoms with van der Waals surface area (Å²) < 4.78 is 0. The number of carbonyl (C=O) groups is 1. The standard InChI is InChI=1S/C4H7NOS/c1-5(2)4(6)3-7/h3H,1-2H3. The van der Waals surface area contributed by atoms with Crippen LogP contribution < -0.4 is 0 Å². The molecule has 0 heterocycles. The molecule has 0 aliphatic rings. The summed E-state index contributed by atoms with van der Waals surface area (Å²) >= 11 is 4.33. The minimum Gasteiger partial charge on any atom is -0.345 e. The first kappa shape index (κ1) is 6.56. The Bertz CT molecular complexity index is 89.7. The van der Waals surface area contributed by atoms with Crippen molar-refractivity contribution in [1.29, 1.82) is 0 Å². The topological polar surface area (TPSA) is 20.3 Å². The second kappa shape index (κ2) is 2.69. The van der Waals surface area contributed by atoms with Gasteiger partial charge in [-0.2, -0.15) is 0 Å². The third kappa shape index (κ3) is 2.28. The smallest absolute Gasteiger partial charge is 0.256 e. The molecular weight excluding hydrogens is 110 g/mol. The van der Waals surface area contributed by atoms with E-state index in [1.54, 1.807) is 14.1 Å². The van der Waals surface area contributed by atoms with E-state index in [9.17, 15) is 4.79 Å². The van der Waals surface area contributed by atoms with Crippen molar-refractivity contribution in [2.45, 2.75) is 0 Å². The maximum atomic E-state index is 10.3. The van der Waals surface area contributed by atoms with Crippen LogP contribution in [0.3, 0.4) is 0 Å². The van der Waals surface area contributed by atoms with Crippen molar-refractivity contribution >= 4 is 23.5 Å². The Hall–Kier alpha value is -0.440. The van der Waals surface area contributed by atoms with Gasteiger partial charge >= 0.3 is 0 Å². The number of thiocarbonyl (C=S) groups is 1. The normalized spacial score (nSPS) is 7.71. The van der Waals surface area contributed by atoms with Crippen molar-refractivity contribution in [1.82, 2.24) is 4.90 Å². The van der Waals surface area contributed by atoms with E-state index in [0.717, 1.165) is 5.37 Å². The van der Waals surface area contributed by atoms with Crippen LogP contribution in [-0.2, 0) is 4.79 Å². The quantitative estimate of drug-likeness (QED) is 0.453. The third-order valence-electron chi connectivity index (χ3n) is 0.542. The average Bonchev–Trinajstić information content (AvgIpc) is 1.65. The van der Waals surface area contributed by atoms with Crippen molar-refractivity contribution < 1.29 is 4.79 Å². The number of hydrogen-bond acceptors (Lipinski definition) is 2. The van der Waals surface area contributed by atoms with Gasteiger partial charge in [0.05, 0.1) is 5.37 Å². The molecule has 0 aromatic heterocycles. The van der Waals surface area contributed by atoms with Crippen LogP contribution in [0.5, 0.6) is 0 Å². The highest BCUT2D eigenvalue weighted by molar-refractivity contribution is 7.80. The van der Waals surface area contributed by atoms with Gasteiger partial charge in [-0.1, -0.05) is 12.2 Å². The van der Waals surface area contributed by atoms with Gasteiger partial charge in [0, 0.05) is 14.1 Å². The van der Waals surface area contributed by atoms with Gasteiger partial charge in [-0.25, -0.2) is 0 Å². The van der Waals surface area contributed by atoms with E-state index in [1.165, 1.54) is 4.90 Å². The SMILES string of the molecule is CN(C)C(=O)C=S. The van der Waals surface area contributed by atoms with E-state index in [0.29, 0.717) is 0 Å². The zero-order valence-electron chi connectivity index (χ0n) is 4.34. The van der Waals surface area contributed by atoms with Crippen molar-refractivity contribution in [3.63, 3.8) is 0 Å². The van der Waals surface area contributed by atoms with Crippen LogP contribution in [0.15, 0.2) is 0 Å². The molecule has 1 amide bonds. The van der Waals surface area contributed by atoms with Crippen molar-refractivity contribution in [2.24, 2.45) is 0 Å². The molecule has 0 aromatic carbocycles. The van der Waals surface area contributed by atoms with Crippen LogP contribution >= 0.6 is 12.2 Å². The fourth-order valence-electron chi connectivity index (χ4n) is 0.105. The van der Waals surface area contributed by atoms with Crippen LogP contribution in [0.4, 0.5) is 0 Å². The zero-order valence-corrected chi connectivity index (χ0v) is 5.16. The number of amides is 1. The third-order valence-corrected chi connectivity index (χ3v) is 0.743. The molecule has 0 unspecified atom stereocenters. The van der Waals surface area contributed by atoms with Gasteiger partial charge in [-0.3, -0.25) is 4.79 Å². The molecule has 2 nitrogen and oxygen atoms in total. The predicted octanol–water partition coefficient (Wildman–Crippen LogP) is 0.0743. The van der Waals surface area contributed by atoms with Gasteiger partial charge in [0.1, 0.15) is 0 Å². The Kier molecular flexibility index (Phi) is 2.52. The van der Waals surface area contributed by atoms with E-state index >= 15 is 0 Å². The van der Waals surface area contributed by atoms with Gasteiger partial charge in [-0.15, -0.1) is 0 Å². The fourth-order valence-corrected chi connectivity index (χ4v) is 0.316. The highest BCUT2D eigenvalue weighted by Gasteiger charge is 1.93. The molecule has 0 N–H and O–H groups in total. The Labute approximate surface area is 48.1 Å². The average molecular weight is 117 g/mol. The highest BCUT2D eigenvalue weighted by Crippen LogP contribution is 1.70. The Morgan fingerprint density at radius 2 is 2.14 bits per heavy atom. The lowest BCUT2D eigenvalue weighted by molar-refractivity contribution is -0.121. The second-order valence-electron chi connectivity index (χ2n) is 1.35. The van der Waals surface area contributed by atoms with E-state index in [2.05, 4.69) is 12.2 Å². The van der Waals surface area contributed by atoms with Gasteiger partial charge in [-0.05, 0) is 0 Å². The molecule has 0 saturated carbocycles. The predicted molar refractivity (Wildman–Crippen MR) is 32.3 cm³/mol. The maximum absolute atomic E-state index is 10.3. The van der Waals surface area contributed by atoms with E-state index in [4.69, 9.17) is 0 Å². The van der Waals surface area contributed by atoms with Crippen molar-refractivity contribution in [3.8, 4) is 0 Å². The summed E-state index contributed by atoms with van der Waals surface area (Å²) in [4.78, 5) is 11.7. The van der Waals surface area contributed by atoms with Crippen LogP contribution in [0, 0.1) is 0 Å². The fraction of sp³-hybridized carbons (Fsp3) is 0.500. The highest BCUT2D eigenvalue weighted by atomic mass is 32.1. The molecule has 0 bridgehead atoms. The van der Waals surface area contributed by atoms with E-state index in [1.807, 2.05) is 0 Å². The molecule has 40 valence electrons. The van der Waals surface area contributed by atoms with Gasteiger partial charge in [0.15, 0.2) is 0 Å². The zero-order chi connectivity index (χ0) is 5.86. The Morgan fingerprint density at radius 3 is 2.14 bits per heavy atom. The van der Waals surface area contributed by atoms with Gasteiger partial charge in [0.2, 0.25) is 0 Å². The lowest BCUT2D eigenvalue weighted by Crippen LogP contribution is -2.21. The summed E-state index contributed by atoms with van der Waals surface area (Å²) in [5.74, 6) is -0.130. The molecular formula is C4H7NOS. The molecule has 0 aliphatic carbocycles. The molecule has 0 aromatic rings. The van der Waals surface area contributed by atoms with Crippen molar-refractivity contribution in [2.75, 3.05) is 14.1 Å². The number of hydrogen-bond donors (Lipinski definition) is 0. The van der Waals surface area contributed by atoms with E-state index in [-0.39, 0.29) is 5.91 Å². The maximum Gasteiger partial charge on any atom is 0.256 e. The Morgan fingerprint density at radius 1 is 1.71 bits per heavy atom.